The molecule has 0 fully saturated rings. The van der Waals surface area contributed by atoms with Crippen molar-refractivity contribution < 1.29 is 0 Å². The smallest absolute Gasteiger partial charge is 0.00599 e. The summed E-state index contributed by atoms with van der Waals surface area (Å²) < 4.78 is 0. The quantitative estimate of drug-likeness (QED) is 0.365. The van der Waals surface area contributed by atoms with Crippen molar-refractivity contribution in [3.63, 3.8) is 0 Å². The van der Waals surface area contributed by atoms with Crippen LogP contribution >= 0.6 is 24.4 Å². The van der Waals surface area contributed by atoms with Crippen molar-refractivity contribution in [2.75, 3.05) is 17.3 Å². The van der Waals surface area contributed by atoms with E-state index in [4.69, 9.17) is 0 Å². The number of thioether (sulfide) groups is 1. The Morgan fingerprint density at radius 1 is 1.50 bits per heavy atom. The molecule has 8 heavy (non-hydrogen) atoms. The Balaban J connectivity index is 0. The van der Waals surface area contributed by atoms with Gasteiger partial charge in [-0.2, -0.15) is 24.4 Å². The third-order valence-corrected chi connectivity index (χ3v) is 1.95. The Morgan fingerprint density at radius 3 is 2.50 bits per heavy atom. The van der Waals surface area contributed by atoms with Gasteiger partial charge in [0.1, 0.15) is 0 Å². The summed E-state index contributed by atoms with van der Waals surface area (Å²) in [6.45, 7) is 2.18. The van der Waals surface area contributed by atoms with E-state index in [0.29, 0.717) is 0 Å². The molecule has 0 unspecified atom stereocenters. The van der Waals surface area contributed by atoms with E-state index in [2.05, 4.69) is 19.6 Å². The minimum atomic E-state index is 0. The first-order chi connectivity index (χ1) is 3.41. The SMILES string of the molecule is CCSCCCS.[SiH4]. The molecule has 0 nitrogen and oxygen atoms in total. The van der Waals surface area contributed by atoms with Gasteiger partial charge in [0.2, 0.25) is 0 Å². The molecule has 0 amide bonds. The lowest BCUT2D eigenvalue weighted by atomic mass is 10.6. The van der Waals surface area contributed by atoms with E-state index in [1.165, 1.54) is 17.9 Å². The van der Waals surface area contributed by atoms with Gasteiger partial charge in [-0.1, -0.05) is 6.92 Å². The summed E-state index contributed by atoms with van der Waals surface area (Å²) in [6, 6.07) is 0. The molecule has 0 rings (SSSR count). The predicted molar refractivity (Wildman–Crippen MR) is 52.8 cm³/mol. The topological polar surface area (TPSA) is 0 Å². The van der Waals surface area contributed by atoms with Crippen molar-refractivity contribution in [3.05, 3.63) is 0 Å². The first-order valence-electron chi connectivity index (χ1n) is 2.60. The van der Waals surface area contributed by atoms with E-state index < -0.39 is 0 Å². The lowest BCUT2D eigenvalue weighted by Crippen LogP contribution is -1.79. The van der Waals surface area contributed by atoms with Gasteiger partial charge in [0.25, 0.3) is 0 Å². The van der Waals surface area contributed by atoms with Gasteiger partial charge in [-0.25, -0.2) is 0 Å². The van der Waals surface area contributed by atoms with Crippen LogP contribution in [-0.2, 0) is 0 Å². The van der Waals surface area contributed by atoms with Crippen molar-refractivity contribution in [3.8, 4) is 0 Å². The van der Waals surface area contributed by atoms with Crippen LogP contribution in [0.4, 0.5) is 0 Å². The Kier molecular flexibility index (Phi) is 15.8. The van der Waals surface area contributed by atoms with Crippen molar-refractivity contribution in [2.45, 2.75) is 13.3 Å². The Labute approximate surface area is 66.3 Å². The highest BCUT2D eigenvalue weighted by Gasteiger charge is 1.80. The maximum atomic E-state index is 4.08. The van der Waals surface area contributed by atoms with Crippen LogP contribution in [0.15, 0.2) is 0 Å². The molecule has 0 spiro atoms. The number of thiol groups is 1. The molecular formula is C5H16S2Si. The highest BCUT2D eigenvalue weighted by Crippen LogP contribution is 2.00. The van der Waals surface area contributed by atoms with Crippen molar-refractivity contribution >= 4 is 35.4 Å². The zero-order chi connectivity index (χ0) is 5.54. The predicted octanol–water partition coefficient (Wildman–Crippen LogP) is 0.608. The Bertz CT molecular complexity index is 29.6. The van der Waals surface area contributed by atoms with Gasteiger partial charge in [0.05, 0.1) is 0 Å². The zero-order valence-electron chi connectivity index (χ0n) is 4.68. The monoisotopic (exact) mass is 168 g/mol. The summed E-state index contributed by atoms with van der Waals surface area (Å²) in [7, 11) is 0. The van der Waals surface area contributed by atoms with Gasteiger partial charge in [0.15, 0.2) is 0 Å². The molecule has 3 heteroatoms. The second kappa shape index (κ2) is 10.8. The molecule has 0 atom stereocenters. The fraction of sp³-hybridized carbons (Fsp3) is 1.00. The molecule has 0 aliphatic heterocycles. The molecule has 0 saturated carbocycles. The molecule has 0 aromatic rings. The first-order valence-corrected chi connectivity index (χ1v) is 4.39. The highest BCUT2D eigenvalue weighted by atomic mass is 32.2. The lowest BCUT2D eigenvalue weighted by Gasteiger charge is -1.90. The van der Waals surface area contributed by atoms with Gasteiger partial charge in [-0.05, 0) is 34.6 Å². The van der Waals surface area contributed by atoms with E-state index in [1.54, 1.807) is 0 Å². The fourth-order valence-electron chi connectivity index (χ4n) is 0.311. The molecule has 0 N–H and O–H groups in total. The summed E-state index contributed by atoms with van der Waals surface area (Å²) in [5.74, 6) is 3.56. The van der Waals surface area contributed by atoms with E-state index >= 15 is 0 Å². The fourth-order valence-corrected chi connectivity index (χ4v) is 1.32. The second-order valence-electron chi connectivity index (χ2n) is 1.27. The molecule has 0 saturated heterocycles. The maximum absolute atomic E-state index is 4.08. The standard InChI is InChI=1S/C5H12S2.H4Si/c1-2-7-5-3-4-6;/h6H,2-5H2,1H3;1H4. The van der Waals surface area contributed by atoms with E-state index in [0.717, 1.165) is 5.75 Å². The normalized spacial score (nSPS) is 8.25. The summed E-state index contributed by atoms with van der Waals surface area (Å²) in [6.07, 6.45) is 1.25. The van der Waals surface area contributed by atoms with Crippen LogP contribution in [0.5, 0.6) is 0 Å². The molecule has 0 aliphatic carbocycles. The summed E-state index contributed by atoms with van der Waals surface area (Å²) in [5, 5.41) is 0. The molecule has 0 bridgehead atoms. The van der Waals surface area contributed by atoms with Gasteiger partial charge >= 0.3 is 0 Å². The third-order valence-electron chi connectivity index (χ3n) is 0.651. The Morgan fingerprint density at radius 2 is 2.12 bits per heavy atom. The molecule has 0 heterocycles. The minimum absolute atomic E-state index is 0. The molecule has 0 aliphatic rings. The maximum Gasteiger partial charge on any atom is -0.00599 e. The largest absolute Gasteiger partial charge is 0.179 e. The van der Waals surface area contributed by atoms with E-state index in [1.807, 2.05) is 11.8 Å². The zero-order valence-corrected chi connectivity index (χ0v) is 6.39. The van der Waals surface area contributed by atoms with Crippen LogP contribution < -0.4 is 0 Å². The van der Waals surface area contributed by atoms with Crippen LogP contribution in [0.1, 0.15) is 13.3 Å². The number of hydrogen-bond donors (Lipinski definition) is 1. The molecule has 52 valence electrons. The van der Waals surface area contributed by atoms with Crippen molar-refractivity contribution in [1.29, 1.82) is 0 Å². The summed E-state index contributed by atoms with van der Waals surface area (Å²) in [5.41, 5.74) is 0. The van der Waals surface area contributed by atoms with Gasteiger partial charge in [-0.3, -0.25) is 0 Å². The average Bonchev–Trinajstić information content (AvgIpc) is 1.69. The minimum Gasteiger partial charge on any atom is -0.179 e. The number of rotatable bonds is 4. The van der Waals surface area contributed by atoms with Gasteiger partial charge < -0.3 is 0 Å². The summed E-state index contributed by atoms with van der Waals surface area (Å²) in [4.78, 5) is 0. The van der Waals surface area contributed by atoms with Gasteiger partial charge in [-0.15, -0.1) is 0 Å². The lowest BCUT2D eigenvalue weighted by molar-refractivity contribution is 1.13. The van der Waals surface area contributed by atoms with Crippen molar-refractivity contribution in [2.24, 2.45) is 0 Å². The van der Waals surface area contributed by atoms with Crippen LogP contribution in [-0.4, -0.2) is 28.2 Å². The molecule has 0 aromatic carbocycles. The van der Waals surface area contributed by atoms with Crippen LogP contribution in [0.25, 0.3) is 0 Å². The van der Waals surface area contributed by atoms with Crippen LogP contribution in [0, 0.1) is 0 Å². The second-order valence-corrected chi connectivity index (χ2v) is 3.12. The van der Waals surface area contributed by atoms with Crippen LogP contribution in [0.2, 0.25) is 0 Å². The third kappa shape index (κ3) is 10.0. The van der Waals surface area contributed by atoms with Crippen LogP contribution in [0.3, 0.4) is 0 Å². The van der Waals surface area contributed by atoms with Gasteiger partial charge in [0, 0.05) is 0 Å². The molecule has 0 radical (unpaired) electrons. The average molecular weight is 168 g/mol. The molecule has 0 aromatic heterocycles. The van der Waals surface area contributed by atoms with E-state index in [-0.39, 0.29) is 11.0 Å². The van der Waals surface area contributed by atoms with E-state index in [9.17, 15) is 0 Å². The highest BCUT2D eigenvalue weighted by molar-refractivity contribution is 7.99. The Hall–Kier alpha value is 0.917. The summed E-state index contributed by atoms with van der Waals surface area (Å²) >= 11 is 6.06. The molecular weight excluding hydrogens is 152 g/mol. The first kappa shape index (κ1) is 11.7. The number of hydrogen-bond acceptors (Lipinski definition) is 2. The van der Waals surface area contributed by atoms with Crippen molar-refractivity contribution in [1.82, 2.24) is 0 Å².